The fourth-order valence-corrected chi connectivity index (χ4v) is 1.71. The van der Waals surface area contributed by atoms with Crippen LogP contribution in [0.5, 0.6) is 0 Å². The summed E-state index contributed by atoms with van der Waals surface area (Å²) in [6, 6.07) is 1.91. The van der Waals surface area contributed by atoms with E-state index < -0.39 is 0 Å². The summed E-state index contributed by atoms with van der Waals surface area (Å²) in [7, 11) is 0. The van der Waals surface area contributed by atoms with Gasteiger partial charge in [-0.2, -0.15) is 17.9 Å². The van der Waals surface area contributed by atoms with Gasteiger partial charge in [-0.05, 0) is 0 Å². The van der Waals surface area contributed by atoms with Gasteiger partial charge >= 0.3 is 0 Å². The fraction of sp³-hybridized carbons (Fsp3) is 0.375. The van der Waals surface area contributed by atoms with Gasteiger partial charge in [0.25, 0.3) is 5.88 Å². The fourth-order valence-electron chi connectivity index (χ4n) is 1.39. The summed E-state index contributed by atoms with van der Waals surface area (Å²) in [4.78, 5) is 12.8. The number of aromatic nitrogens is 1. The smallest absolute Gasteiger partial charge is 0.251 e. The number of hydrogen-bond donors (Lipinski definition) is 1. The maximum atomic E-state index is 11.4. The van der Waals surface area contributed by atoms with Crippen molar-refractivity contribution in [3.63, 3.8) is 0 Å². The number of carbonyl (C=O) groups excluding carboxylic acids is 1. The van der Waals surface area contributed by atoms with Gasteiger partial charge in [-0.1, -0.05) is 5.16 Å². The number of amides is 1. The maximum absolute atomic E-state index is 11.4. The molecule has 2 heterocycles. The monoisotopic (exact) mass is 209 g/mol. The first kappa shape index (κ1) is 9.09. The molecule has 2 rings (SSSR count). The molecular formula is C8H7N3O2S. The van der Waals surface area contributed by atoms with E-state index in [0.29, 0.717) is 13.0 Å². The molecule has 0 aliphatic carbocycles. The second kappa shape index (κ2) is 3.35. The highest BCUT2D eigenvalue weighted by molar-refractivity contribution is 7.81. The highest BCUT2D eigenvalue weighted by atomic mass is 32.1. The van der Waals surface area contributed by atoms with E-state index in [-0.39, 0.29) is 22.6 Å². The van der Waals surface area contributed by atoms with Crippen LogP contribution < -0.4 is 4.90 Å². The van der Waals surface area contributed by atoms with Gasteiger partial charge in [0.15, 0.2) is 0 Å². The SMILES string of the molecule is N#Cc1cnoc1N1CC(S)CC1=O. The molecule has 1 aromatic rings. The minimum absolute atomic E-state index is 0.000794. The number of nitrogens with zero attached hydrogens (tertiary/aromatic N) is 3. The maximum Gasteiger partial charge on any atom is 0.251 e. The molecule has 0 N–H and O–H groups in total. The van der Waals surface area contributed by atoms with Gasteiger partial charge in [-0.3, -0.25) is 9.69 Å². The van der Waals surface area contributed by atoms with Crippen molar-refractivity contribution in [3.8, 4) is 6.07 Å². The third-order valence-corrected chi connectivity index (χ3v) is 2.37. The predicted octanol–water partition coefficient (Wildman–Crippen LogP) is 0.581. The average Bonchev–Trinajstić information content (AvgIpc) is 2.71. The minimum atomic E-state index is -0.0850. The Hall–Kier alpha value is -1.48. The molecule has 1 aromatic heterocycles. The first-order valence-corrected chi connectivity index (χ1v) is 4.57. The van der Waals surface area contributed by atoms with Crippen LogP contribution in [0.3, 0.4) is 0 Å². The van der Waals surface area contributed by atoms with Crippen molar-refractivity contribution in [3.05, 3.63) is 11.8 Å². The van der Waals surface area contributed by atoms with E-state index >= 15 is 0 Å². The first-order chi connectivity index (χ1) is 6.72. The lowest BCUT2D eigenvalue weighted by Gasteiger charge is -2.10. The molecule has 14 heavy (non-hydrogen) atoms. The van der Waals surface area contributed by atoms with E-state index in [0.717, 1.165) is 0 Å². The first-order valence-electron chi connectivity index (χ1n) is 4.05. The number of rotatable bonds is 1. The molecule has 0 radical (unpaired) electrons. The summed E-state index contributed by atoms with van der Waals surface area (Å²) >= 11 is 4.20. The Morgan fingerprint density at radius 2 is 2.57 bits per heavy atom. The van der Waals surface area contributed by atoms with Gasteiger partial charge in [0.2, 0.25) is 5.91 Å². The standard InChI is InChI=1S/C8H7N3O2S/c9-2-5-3-10-13-8(5)11-4-6(14)1-7(11)12/h3,6,14H,1,4H2. The minimum Gasteiger partial charge on any atom is -0.337 e. The summed E-state index contributed by atoms with van der Waals surface area (Å²) < 4.78 is 4.86. The Balaban J connectivity index is 2.32. The zero-order chi connectivity index (χ0) is 10.1. The van der Waals surface area contributed by atoms with Crippen LogP contribution in [0.15, 0.2) is 10.7 Å². The molecule has 0 saturated carbocycles. The second-order valence-electron chi connectivity index (χ2n) is 3.02. The van der Waals surface area contributed by atoms with Crippen molar-refractivity contribution in [2.75, 3.05) is 11.4 Å². The number of thiol groups is 1. The van der Waals surface area contributed by atoms with Crippen LogP contribution in [0.2, 0.25) is 0 Å². The molecule has 1 fully saturated rings. The third kappa shape index (κ3) is 1.36. The van der Waals surface area contributed by atoms with Crippen molar-refractivity contribution in [1.29, 1.82) is 5.26 Å². The predicted molar refractivity (Wildman–Crippen MR) is 51.0 cm³/mol. The van der Waals surface area contributed by atoms with Crippen LogP contribution in [0, 0.1) is 11.3 Å². The van der Waals surface area contributed by atoms with Crippen molar-refractivity contribution >= 4 is 24.4 Å². The summed E-state index contributed by atoms with van der Waals surface area (Å²) in [6.07, 6.45) is 1.67. The van der Waals surface area contributed by atoms with Crippen LogP contribution in [0.4, 0.5) is 5.88 Å². The normalized spacial score (nSPS) is 21.3. The van der Waals surface area contributed by atoms with Crippen molar-refractivity contribution in [1.82, 2.24) is 5.16 Å². The molecule has 72 valence electrons. The Morgan fingerprint density at radius 1 is 1.79 bits per heavy atom. The highest BCUT2D eigenvalue weighted by Crippen LogP contribution is 2.26. The summed E-state index contributed by atoms with van der Waals surface area (Å²) in [5, 5.41) is 12.2. The Labute approximate surface area is 85.7 Å². The Morgan fingerprint density at radius 3 is 3.14 bits per heavy atom. The third-order valence-electron chi connectivity index (χ3n) is 2.02. The van der Waals surface area contributed by atoms with Crippen molar-refractivity contribution < 1.29 is 9.32 Å². The summed E-state index contributed by atoms with van der Waals surface area (Å²) in [5.74, 6) is 0.146. The van der Waals surface area contributed by atoms with Gasteiger partial charge in [0.1, 0.15) is 11.6 Å². The number of nitriles is 1. The molecule has 1 aliphatic heterocycles. The van der Waals surface area contributed by atoms with Crippen LogP contribution in [-0.2, 0) is 4.79 Å². The Bertz CT molecular complexity index is 409. The number of carbonyl (C=O) groups is 1. The van der Waals surface area contributed by atoms with Gasteiger partial charge in [0.05, 0.1) is 6.20 Å². The number of hydrogen-bond acceptors (Lipinski definition) is 5. The van der Waals surface area contributed by atoms with Crippen LogP contribution in [0.25, 0.3) is 0 Å². The molecule has 0 aromatic carbocycles. The molecule has 5 nitrogen and oxygen atoms in total. The molecule has 0 spiro atoms. The largest absolute Gasteiger partial charge is 0.337 e. The summed E-state index contributed by atoms with van der Waals surface area (Å²) in [5.41, 5.74) is 0.279. The van der Waals surface area contributed by atoms with Crippen LogP contribution >= 0.6 is 12.6 Å². The molecule has 1 atom stereocenters. The van der Waals surface area contributed by atoms with E-state index in [1.807, 2.05) is 6.07 Å². The van der Waals surface area contributed by atoms with Gasteiger partial charge in [-0.25, -0.2) is 0 Å². The van der Waals surface area contributed by atoms with E-state index in [4.69, 9.17) is 9.78 Å². The molecule has 1 saturated heterocycles. The van der Waals surface area contributed by atoms with Gasteiger partial charge in [-0.15, -0.1) is 0 Å². The average molecular weight is 209 g/mol. The zero-order valence-electron chi connectivity index (χ0n) is 7.17. The van der Waals surface area contributed by atoms with Crippen LogP contribution in [0.1, 0.15) is 12.0 Å². The van der Waals surface area contributed by atoms with Crippen molar-refractivity contribution in [2.45, 2.75) is 11.7 Å². The van der Waals surface area contributed by atoms with Gasteiger partial charge in [0, 0.05) is 18.2 Å². The molecule has 1 aliphatic rings. The zero-order valence-corrected chi connectivity index (χ0v) is 8.07. The van der Waals surface area contributed by atoms with Crippen molar-refractivity contribution in [2.24, 2.45) is 0 Å². The van der Waals surface area contributed by atoms with E-state index in [1.165, 1.54) is 11.1 Å². The van der Waals surface area contributed by atoms with E-state index in [2.05, 4.69) is 17.8 Å². The molecule has 6 heteroatoms. The topological polar surface area (TPSA) is 70.1 Å². The molecule has 0 bridgehead atoms. The quantitative estimate of drug-likeness (QED) is 0.687. The molecule has 1 amide bonds. The highest BCUT2D eigenvalue weighted by Gasteiger charge is 2.32. The van der Waals surface area contributed by atoms with Gasteiger partial charge < -0.3 is 4.52 Å². The lowest BCUT2D eigenvalue weighted by atomic mass is 10.3. The second-order valence-corrected chi connectivity index (χ2v) is 3.75. The molecule has 1 unspecified atom stereocenters. The lowest BCUT2D eigenvalue weighted by Crippen LogP contribution is -2.24. The van der Waals surface area contributed by atoms with E-state index in [9.17, 15) is 4.79 Å². The molecular weight excluding hydrogens is 202 g/mol. The summed E-state index contributed by atoms with van der Waals surface area (Å²) in [6.45, 7) is 0.464. The number of anilines is 1. The Kier molecular flexibility index (Phi) is 2.17. The lowest BCUT2D eigenvalue weighted by molar-refractivity contribution is -0.117. The van der Waals surface area contributed by atoms with E-state index in [1.54, 1.807) is 0 Å². The van der Waals surface area contributed by atoms with Crippen LogP contribution in [-0.4, -0.2) is 22.9 Å².